The summed E-state index contributed by atoms with van der Waals surface area (Å²) in [6, 6.07) is 16.4. The summed E-state index contributed by atoms with van der Waals surface area (Å²) in [6.45, 7) is 0.968. The number of likely N-dealkylation sites (tertiary alicyclic amines) is 1. The van der Waals surface area contributed by atoms with Crippen molar-refractivity contribution in [1.29, 1.82) is 5.26 Å². The number of methoxy groups -OCH3 is 1. The number of carbonyl (C=O) groups is 2. The molecule has 0 aromatic heterocycles. The highest BCUT2D eigenvalue weighted by Gasteiger charge is 2.34. The van der Waals surface area contributed by atoms with Crippen LogP contribution in [0.15, 0.2) is 48.5 Å². The molecule has 0 radical (unpaired) electrons. The van der Waals surface area contributed by atoms with Crippen molar-refractivity contribution in [2.45, 2.75) is 12.8 Å². The van der Waals surface area contributed by atoms with Crippen LogP contribution in [0.2, 0.25) is 0 Å². The number of nitrogens with zero attached hydrogens (tertiary/aromatic N) is 2. The number of anilines is 1. The van der Waals surface area contributed by atoms with Crippen LogP contribution in [0.1, 0.15) is 17.5 Å². The van der Waals surface area contributed by atoms with E-state index in [0.29, 0.717) is 30.8 Å². The maximum absolute atomic E-state index is 12.5. The largest absolute Gasteiger partial charge is 0.496 e. The molecule has 0 aliphatic carbocycles. The van der Waals surface area contributed by atoms with Gasteiger partial charge >= 0.3 is 0 Å². The minimum Gasteiger partial charge on any atom is -0.496 e. The SMILES string of the molecule is COc1ccccc1CCN1CC(C(=O)Nc2ccc(C#N)cc2)CC1=O. The van der Waals surface area contributed by atoms with E-state index in [1.165, 1.54) is 0 Å². The maximum atomic E-state index is 12.5. The van der Waals surface area contributed by atoms with Gasteiger partial charge < -0.3 is 15.0 Å². The normalized spacial score (nSPS) is 16.1. The van der Waals surface area contributed by atoms with E-state index in [-0.39, 0.29) is 24.2 Å². The summed E-state index contributed by atoms with van der Waals surface area (Å²) in [6.07, 6.45) is 0.897. The van der Waals surface area contributed by atoms with E-state index < -0.39 is 0 Å². The van der Waals surface area contributed by atoms with Crippen LogP contribution in [-0.4, -0.2) is 36.9 Å². The smallest absolute Gasteiger partial charge is 0.229 e. The fraction of sp³-hybridized carbons (Fsp3) is 0.286. The third-order valence-electron chi connectivity index (χ3n) is 4.71. The molecule has 2 aromatic rings. The lowest BCUT2D eigenvalue weighted by Crippen LogP contribution is -2.30. The Bertz CT molecular complexity index is 871. The zero-order valence-corrected chi connectivity index (χ0v) is 15.1. The zero-order chi connectivity index (χ0) is 19.2. The molecule has 6 nitrogen and oxygen atoms in total. The first kappa shape index (κ1) is 18.5. The highest BCUT2D eigenvalue weighted by Crippen LogP contribution is 2.23. The first-order chi connectivity index (χ1) is 13.1. The molecule has 27 heavy (non-hydrogen) atoms. The molecular formula is C21H21N3O3. The Morgan fingerprint density at radius 1 is 1.26 bits per heavy atom. The Kier molecular flexibility index (Phi) is 5.72. The zero-order valence-electron chi connectivity index (χ0n) is 15.1. The predicted octanol–water partition coefficient (Wildman–Crippen LogP) is 2.60. The van der Waals surface area contributed by atoms with Gasteiger partial charge in [-0.05, 0) is 42.3 Å². The average Bonchev–Trinajstić information content (AvgIpc) is 3.08. The molecule has 1 aliphatic rings. The van der Waals surface area contributed by atoms with E-state index in [1.54, 1.807) is 36.3 Å². The van der Waals surface area contributed by atoms with E-state index in [9.17, 15) is 9.59 Å². The number of carbonyl (C=O) groups excluding carboxylic acids is 2. The number of nitriles is 1. The number of hydrogen-bond donors (Lipinski definition) is 1. The Labute approximate surface area is 158 Å². The average molecular weight is 363 g/mol. The second kappa shape index (κ2) is 8.37. The monoisotopic (exact) mass is 363 g/mol. The Morgan fingerprint density at radius 2 is 2.00 bits per heavy atom. The Hall–Kier alpha value is -3.33. The lowest BCUT2D eigenvalue weighted by molar-refractivity contribution is -0.128. The van der Waals surface area contributed by atoms with Crippen LogP contribution in [0.3, 0.4) is 0 Å². The van der Waals surface area contributed by atoms with Gasteiger partial charge in [-0.1, -0.05) is 18.2 Å². The molecule has 1 heterocycles. The van der Waals surface area contributed by atoms with Crippen molar-refractivity contribution in [3.05, 3.63) is 59.7 Å². The molecule has 1 fully saturated rings. The number of amides is 2. The second-order valence-corrected chi connectivity index (χ2v) is 6.48. The molecule has 2 aromatic carbocycles. The van der Waals surface area contributed by atoms with Crippen LogP contribution in [0.4, 0.5) is 5.69 Å². The van der Waals surface area contributed by atoms with E-state index in [4.69, 9.17) is 10.00 Å². The minimum atomic E-state index is -0.370. The molecular weight excluding hydrogens is 342 g/mol. The second-order valence-electron chi connectivity index (χ2n) is 6.48. The molecule has 138 valence electrons. The molecule has 1 N–H and O–H groups in total. The number of benzene rings is 2. The molecule has 6 heteroatoms. The predicted molar refractivity (Wildman–Crippen MR) is 101 cm³/mol. The highest BCUT2D eigenvalue weighted by molar-refractivity contribution is 5.97. The lowest BCUT2D eigenvalue weighted by atomic mass is 10.1. The van der Waals surface area contributed by atoms with Gasteiger partial charge in [0.2, 0.25) is 11.8 Å². The van der Waals surface area contributed by atoms with Crippen molar-refractivity contribution in [3.8, 4) is 11.8 Å². The maximum Gasteiger partial charge on any atom is 0.229 e. The van der Waals surface area contributed by atoms with Crippen LogP contribution in [-0.2, 0) is 16.0 Å². The van der Waals surface area contributed by atoms with Crippen molar-refractivity contribution in [2.24, 2.45) is 5.92 Å². The van der Waals surface area contributed by atoms with Crippen LogP contribution < -0.4 is 10.1 Å². The standard InChI is InChI=1S/C21H21N3O3/c1-27-19-5-3-2-4-16(19)10-11-24-14-17(12-20(24)25)21(26)23-18-8-6-15(13-22)7-9-18/h2-9,17H,10-12,14H2,1H3,(H,23,26). The minimum absolute atomic E-state index is 0.00937. The Morgan fingerprint density at radius 3 is 2.70 bits per heavy atom. The highest BCUT2D eigenvalue weighted by atomic mass is 16.5. The summed E-state index contributed by atoms with van der Waals surface area (Å²) in [7, 11) is 1.63. The Balaban J connectivity index is 1.56. The third-order valence-corrected chi connectivity index (χ3v) is 4.71. The first-order valence-corrected chi connectivity index (χ1v) is 8.81. The number of ether oxygens (including phenoxy) is 1. The molecule has 3 rings (SSSR count). The molecule has 1 saturated heterocycles. The van der Waals surface area contributed by atoms with Crippen LogP contribution >= 0.6 is 0 Å². The summed E-state index contributed by atoms with van der Waals surface area (Å²) in [4.78, 5) is 26.5. The molecule has 1 aliphatic heterocycles. The van der Waals surface area contributed by atoms with Gasteiger partial charge in [-0.3, -0.25) is 9.59 Å². The molecule has 2 amide bonds. The fourth-order valence-corrected chi connectivity index (χ4v) is 3.20. The quantitative estimate of drug-likeness (QED) is 0.855. The summed E-state index contributed by atoms with van der Waals surface area (Å²) >= 11 is 0. The van der Waals surface area contributed by atoms with Crippen LogP contribution in [0.5, 0.6) is 5.75 Å². The van der Waals surface area contributed by atoms with Gasteiger partial charge in [0, 0.05) is 25.2 Å². The van der Waals surface area contributed by atoms with Crippen molar-refractivity contribution in [2.75, 3.05) is 25.5 Å². The fourth-order valence-electron chi connectivity index (χ4n) is 3.20. The van der Waals surface area contributed by atoms with Crippen molar-refractivity contribution >= 4 is 17.5 Å². The van der Waals surface area contributed by atoms with E-state index in [2.05, 4.69) is 5.32 Å². The van der Waals surface area contributed by atoms with Crippen molar-refractivity contribution in [1.82, 2.24) is 4.90 Å². The van der Waals surface area contributed by atoms with Crippen LogP contribution in [0, 0.1) is 17.2 Å². The van der Waals surface area contributed by atoms with Gasteiger partial charge in [-0.2, -0.15) is 5.26 Å². The lowest BCUT2D eigenvalue weighted by Gasteiger charge is -2.17. The van der Waals surface area contributed by atoms with E-state index in [0.717, 1.165) is 11.3 Å². The third kappa shape index (κ3) is 4.45. The number of nitrogens with one attached hydrogen (secondary N) is 1. The van der Waals surface area contributed by atoms with Crippen molar-refractivity contribution < 1.29 is 14.3 Å². The van der Waals surface area contributed by atoms with Gasteiger partial charge in [-0.15, -0.1) is 0 Å². The van der Waals surface area contributed by atoms with E-state index in [1.807, 2.05) is 30.3 Å². The van der Waals surface area contributed by atoms with E-state index >= 15 is 0 Å². The first-order valence-electron chi connectivity index (χ1n) is 8.81. The van der Waals surface area contributed by atoms with Crippen LogP contribution in [0.25, 0.3) is 0 Å². The number of rotatable bonds is 6. The molecule has 0 saturated carbocycles. The summed E-state index contributed by atoms with van der Waals surface area (Å²) in [5.74, 6) is 0.253. The number of para-hydroxylation sites is 1. The topological polar surface area (TPSA) is 82.4 Å². The van der Waals surface area contributed by atoms with Gasteiger partial charge in [-0.25, -0.2) is 0 Å². The molecule has 0 bridgehead atoms. The molecule has 0 spiro atoms. The molecule has 1 unspecified atom stereocenters. The van der Waals surface area contributed by atoms with Gasteiger partial charge in [0.1, 0.15) is 5.75 Å². The number of hydrogen-bond acceptors (Lipinski definition) is 4. The summed E-state index contributed by atoms with van der Waals surface area (Å²) < 4.78 is 5.34. The van der Waals surface area contributed by atoms with Gasteiger partial charge in [0.25, 0.3) is 0 Å². The van der Waals surface area contributed by atoms with Gasteiger partial charge in [0.15, 0.2) is 0 Å². The molecule has 1 atom stereocenters. The van der Waals surface area contributed by atoms with Crippen molar-refractivity contribution in [3.63, 3.8) is 0 Å². The summed E-state index contributed by atoms with van der Waals surface area (Å²) in [5.41, 5.74) is 2.20. The summed E-state index contributed by atoms with van der Waals surface area (Å²) in [5, 5.41) is 11.6. The van der Waals surface area contributed by atoms with Gasteiger partial charge in [0.05, 0.1) is 24.7 Å².